The number of carbonyl (C=O) groups is 1. The van der Waals surface area contributed by atoms with Gasteiger partial charge in [-0.2, -0.15) is 0 Å². The minimum absolute atomic E-state index is 0.147. The van der Waals surface area contributed by atoms with Gasteiger partial charge in [-0.05, 0) is 32.1 Å². The Labute approximate surface area is 160 Å². The number of hydrogen-bond donors (Lipinski definition) is 1. The number of hydrogen-bond acceptors (Lipinski definition) is 3. The van der Waals surface area contributed by atoms with Gasteiger partial charge >= 0.3 is 5.97 Å². The van der Waals surface area contributed by atoms with Crippen molar-refractivity contribution < 1.29 is 14.6 Å². The predicted molar refractivity (Wildman–Crippen MR) is 109 cm³/mol. The lowest BCUT2D eigenvalue weighted by Gasteiger charge is -2.02. The van der Waals surface area contributed by atoms with E-state index >= 15 is 0 Å². The van der Waals surface area contributed by atoms with Crippen LogP contribution in [0.2, 0.25) is 0 Å². The van der Waals surface area contributed by atoms with Crippen molar-refractivity contribution in [2.24, 2.45) is 0 Å². The molecular weight excluding hydrogens is 324 g/mol. The van der Waals surface area contributed by atoms with E-state index in [0.29, 0.717) is 5.57 Å². The maximum Gasteiger partial charge on any atom is 0.341 e. The van der Waals surface area contributed by atoms with Crippen molar-refractivity contribution in [3.05, 3.63) is 36.1 Å². The molecule has 0 aromatic rings. The van der Waals surface area contributed by atoms with Crippen molar-refractivity contribution >= 4 is 5.97 Å². The summed E-state index contributed by atoms with van der Waals surface area (Å²) in [6.07, 6.45) is 23.0. The third-order valence-corrected chi connectivity index (χ3v) is 4.89. The molecule has 0 spiro atoms. The molecule has 0 unspecified atom stereocenters. The van der Waals surface area contributed by atoms with Crippen molar-refractivity contribution in [3.8, 4) is 0 Å². The summed E-state index contributed by atoms with van der Waals surface area (Å²) in [5, 5.41) is 9.74. The standard InChI is InChI=1S/C23H38O3/c1-3-4-5-6-7-8-9-10-11-12-13-14-15-16-17-18-19-21-22(24)20(2)26-23(21)25/h6-7,19,22,24H,2-5,8-18H2,1H3/b7-6-,21-19+/t22-/m1/s1. The molecule has 0 aliphatic carbocycles. The van der Waals surface area contributed by atoms with Crippen molar-refractivity contribution in [1.29, 1.82) is 0 Å². The normalized spacial score (nSPS) is 19.0. The Bertz CT molecular complexity index is 462. The molecule has 1 heterocycles. The van der Waals surface area contributed by atoms with Crippen LogP contribution in [-0.2, 0) is 9.53 Å². The van der Waals surface area contributed by atoms with Gasteiger partial charge in [-0.15, -0.1) is 0 Å². The Kier molecular flexibility index (Phi) is 12.9. The van der Waals surface area contributed by atoms with Crippen LogP contribution in [0.25, 0.3) is 0 Å². The highest BCUT2D eigenvalue weighted by Crippen LogP contribution is 2.23. The van der Waals surface area contributed by atoms with Gasteiger partial charge in [-0.25, -0.2) is 4.79 Å². The number of allylic oxidation sites excluding steroid dienone is 3. The van der Waals surface area contributed by atoms with Gasteiger partial charge in [-0.1, -0.05) is 89.5 Å². The SMILES string of the molecule is C=C1OC(=O)/C(=C/CCCCCCCCCCC/C=C\CCCC)[C@@H]1O. The highest BCUT2D eigenvalue weighted by molar-refractivity contribution is 5.93. The smallest absolute Gasteiger partial charge is 0.341 e. The molecule has 0 amide bonds. The van der Waals surface area contributed by atoms with Crippen LogP contribution in [0.5, 0.6) is 0 Å². The van der Waals surface area contributed by atoms with E-state index in [1.165, 1.54) is 77.0 Å². The molecule has 0 saturated carbocycles. The number of cyclic esters (lactones) is 1. The maximum absolute atomic E-state index is 11.5. The van der Waals surface area contributed by atoms with Crippen LogP contribution in [-0.4, -0.2) is 17.2 Å². The zero-order chi connectivity index (χ0) is 19.0. The first-order valence-electron chi connectivity index (χ1n) is 10.6. The summed E-state index contributed by atoms with van der Waals surface area (Å²) in [6, 6.07) is 0. The lowest BCUT2D eigenvalue weighted by atomic mass is 10.0. The van der Waals surface area contributed by atoms with Gasteiger partial charge in [0.05, 0.1) is 5.57 Å². The Balaban J connectivity index is 1.86. The largest absolute Gasteiger partial charge is 0.425 e. The third kappa shape index (κ3) is 9.96. The number of aliphatic hydroxyl groups excluding tert-OH is 1. The van der Waals surface area contributed by atoms with Gasteiger partial charge in [0.25, 0.3) is 0 Å². The Hall–Kier alpha value is -1.35. The first kappa shape index (κ1) is 22.7. The first-order chi connectivity index (χ1) is 12.7. The number of aliphatic hydroxyl groups is 1. The molecule has 1 saturated heterocycles. The molecule has 3 heteroatoms. The van der Waals surface area contributed by atoms with Crippen LogP contribution < -0.4 is 0 Å². The number of unbranched alkanes of at least 4 members (excludes halogenated alkanes) is 12. The fourth-order valence-electron chi connectivity index (χ4n) is 3.17. The van der Waals surface area contributed by atoms with Gasteiger partial charge in [0.2, 0.25) is 0 Å². The van der Waals surface area contributed by atoms with E-state index in [9.17, 15) is 9.90 Å². The first-order valence-corrected chi connectivity index (χ1v) is 10.6. The summed E-state index contributed by atoms with van der Waals surface area (Å²) >= 11 is 0. The number of rotatable bonds is 15. The summed E-state index contributed by atoms with van der Waals surface area (Å²) in [7, 11) is 0. The lowest BCUT2D eigenvalue weighted by molar-refractivity contribution is -0.132. The second kappa shape index (κ2) is 14.8. The van der Waals surface area contributed by atoms with Crippen molar-refractivity contribution in [2.75, 3.05) is 0 Å². The molecule has 1 rings (SSSR count). The lowest BCUT2D eigenvalue weighted by Crippen LogP contribution is -2.07. The van der Waals surface area contributed by atoms with Gasteiger partial charge in [-0.3, -0.25) is 0 Å². The molecule has 1 atom stereocenters. The molecule has 3 nitrogen and oxygen atoms in total. The topological polar surface area (TPSA) is 46.5 Å². The highest BCUT2D eigenvalue weighted by atomic mass is 16.6. The van der Waals surface area contributed by atoms with Crippen molar-refractivity contribution in [2.45, 2.75) is 103 Å². The molecule has 0 aromatic heterocycles. The fraction of sp³-hybridized carbons (Fsp3) is 0.696. The van der Waals surface area contributed by atoms with Gasteiger partial charge in [0, 0.05) is 0 Å². The summed E-state index contributed by atoms with van der Waals surface area (Å²) in [6.45, 7) is 5.76. The van der Waals surface area contributed by atoms with Crippen LogP contribution in [0.1, 0.15) is 96.8 Å². The van der Waals surface area contributed by atoms with E-state index in [1.807, 2.05) is 6.08 Å². The van der Waals surface area contributed by atoms with Crippen molar-refractivity contribution in [1.82, 2.24) is 0 Å². The minimum Gasteiger partial charge on any atom is -0.425 e. The monoisotopic (exact) mass is 362 g/mol. The maximum atomic E-state index is 11.5. The number of carbonyl (C=O) groups excluding carboxylic acids is 1. The Morgan fingerprint density at radius 2 is 1.38 bits per heavy atom. The zero-order valence-corrected chi connectivity index (χ0v) is 16.7. The summed E-state index contributed by atoms with van der Waals surface area (Å²) in [5.74, 6) is -0.298. The molecule has 148 valence electrons. The van der Waals surface area contributed by atoms with E-state index in [-0.39, 0.29) is 5.76 Å². The van der Waals surface area contributed by atoms with Crippen LogP contribution in [0, 0.1) is 0 Å². The van der Waals surface area contributed by atoms with Crippen molar-refractivity contribution in [3.63, 3.8) is 0 Å². The summed E-state index contributed by atoms with van der Waals surface area (Å²) in [5.41, 5.74) is 0.357. The molecule has 0 radical (unpaired) electrons. The van der Waals surface area contributed by atoms with E-state index < -0.39 is 12.1 Å². The number of esters is 1. The van der Waals surface area contributed by atoms with Crippen LogP contribution in [0.15, 0.2) is 36.1 Å². The molecule has 1 fully saturated rings. The molecule has 1 aliphatic rings. The summed E-state index contributed by atoms with van der Waals surface area (Å²) in [4.78, 5) is 11.5. The second-order valence-corrected chi connectivity index (χ2v) is 7.29. The minimum atomic E-state index is -0.936. The Morgan fingerprint density at radius 3 is 1.88 bits per heavy atom. The third-order valence-electron chi connectivity index (χ3n) is 4.89. The molecule has 26 heavy (non-hydrogen) atoms. The predicted octanol–water partition coefficient (Wildman–Crippen LogP) is 6.38. The molecule has 1 N–H and O–H groups in total. The Morgan fingerprint density at radius 1 is 0.885 bits per heavy atom. The quantitative estimate of drug-likeness (QED) is 0.159. The van der Waals surface area contributed by atoms with E-state index in [0.717, 1.165) is 12.8 Å². The second-order valence-electron chi connectivity index (χ2n) is 7.29. The van der Waals surface area contributed by atoms with Crippen LogP contribution in [0.4, 0.5) is 0 Å². The van der Waals surface area contributed by atoms with Gasteiger partial charge in [0.1, 0.15) is 11.9 Å². The zero-order valence-electron chi connectivity index (χ0n) is 16.7. The van der Waals surface area contributed by atoms with E-state index in [4.69, 9.17) is 4.74 Å². The average molecular weight is 363 g/mol. The van der Waals surface area contributed by atoms with E-state index in [2.05, 4.69) is 25.7 Å². The van der Waals surface area contributed by atoms with Crippen LogP contribution in [0.3, 0.4) is 0 Å². The number of ether oxygens (including phenoxy) is 1. The average Bonchev–Trinajstić information content (AvgIpc) is 2.87. The fourth-order valence-corrected chi connectivity index (χ4v) is 3.17. The molecule has 0 aromatic carbocycles. The van der Waals surface area contributed by atoms with Crippen LogP contribution >= 0.6 is 0 Å². The molecular formula is C23H38O3. The van der Waals surface area contributed by atoms with Gasteiger partial charge in [0.15, 0.2) is 0 Å². The highest BCUT2D eigenvalue weighted by Gasteiger charge is 2.32. The summed E-state index contributed by atoms with van der Waals surface area (Å²) < 4.78 is 4.81. The molecule has 1 aliphatic heterocycles. The van der Waals surface area contributed by atoms with Gasteiger partial charge < -0.3 is 9.84 Å². The molecule has 0 bridgehead atoms. The van der Waals surface area contributed by atoms with E-state index in [1.54, 1.807) is 0 Å².